The molecule has 0 bridgehead atoms. The van der Waals surface area contributed by atoms with Crippen molar-refractivity contribution >= 4 is 18.3 Å². The molecule has 1 atom stereocenters. The number of carbonyl (C=O) groups is 1. The van der Waals surface area contributed by atoms with Gasteiger partial charge >= 0.3 is 0 Å². The number of piperidine rings is 1. The molecule has 1 N–H and O–H groups in total. The summed E-state index contributed by atoms with van der Waals surface area (Å²) in [6.07, 6.45) is 3.05. The molecule has 0 spiro atoms. The number of ether oxygens (including phenoxy) is 1. The van der Waals surface area contributed by atoms with E-state index in [0.29, 0.717) is 19.1 Å². The van der Waals surface area contributed by atoms with Crippen LogP contribution in [0.1, 0.15) is 18.4 Å². The molecule has 122 valence electrons. The fourth-order valence-corrected chi connectivity index (χ4v) is 3.23. The molecular formula is C17H25ClN2O2. The zero-order valence-electron chi connectivity index (χ0n) is 12.9. The van der Waals surface area contributed by atoms with Crippen LogP contribution in [0.5, 0.6) is 0 Å². The molecule has 5 heteroatoms. The lowest BCUT2D eigenvalue weighted by Gasteiger charge is -2.35. The first-order valence-corrected chi connectivity index (χ1v) is 7.98. The molecule has 1 unspecified atom stereocenters. The summed E-state index contributed by atoms with van der Waals surface area (Å²) < 4.78 is 5.56. The quantitative estimate of drug-likeness (QED) is 0.923. The van der Waals surface area contributed by atoms with Gasteiger partial charge in [-0.3, -0.25) is 4.79 Å². The molecule has 0 aliphatic carbocycles. The Bertz CT molecular complexity index is 455. The smallest absolute Gasteiger partial charge is 0.253 e. The zero-order chi connectivity index (χ0) is 14.5. The predicted molar refractivity (Wildman–Crippen MR) is 89.3 cm³/mol. The zero-order valence-corrected chi connectivity index (χ0v) is 13.7. The van der Waals surface area contributed by atoms with Crippen molar-refractivity contribution in [1.29, 1.82) is 0 Å². The van der Waals surface area contributed by atoms with E-state index in [-0.39, 0.29) is 24.4 Å². The number of halogens is 1. The van der Waals surface area contributed by atoms with Crippen LogP contribution in [0.25, 0.3) is 0 Å². The van der Waals surface area contributed by atoms with Gasteiger partial charge in [-0.1, -0.05) is 30.3 Å². The minimum atomic E-state index is -0.274. The summed E-state index contributed by atoms with van der Waals surface area (Å²) in [6, 6.07) is 10.6. The van der Waals surface area contributed by atoms with Crippen LogP contribution in [0.2, 0.25) is 0 Å². The molecule has 1 amide bonds. The van der Waals surface area contributed by atoms with Crippen molar-refractivity contribution in [2.45, 2.75) is 25.4 Å². The molecule has 0 aromatic heterocycles. The van der Waals surface area contributed by atoms with Gasteiger partial charge in [0.25, 0.3) is 5.91 Å². The Hall–Kier alpha value is -1.10. The molecule has 2 aliphatic rings. The van der Waals surface area contributed by atoms with Crippen LogP contribution in [0.15, 0.2) is 30.3 Å². The summed E-state index contributed by atoms with van der Waals surface area (Å²) in [5, 5.41) is 3.22. The van der Waals surface area contributed by atoms with Gasteiger partial charge in [0.15, 0.2) is 0 Å². The van der Waals surface area contributed by atoms with Gasteiger partial charge in [-0.25, -0.2) is 0 Å². The highest BCUT2D eigenvalue weighted by atomic mass is 35.5. The number of carbonyl (C=O) groups excluding carboxylic acids is 1. The van der Waals surface area contributed by atoms with Crippen molar-refractivity contribution in [1.82, 2.24) is 10.2 Å². The first-order valence-electron chi connectivity index (χ1n) is 7.98. The van der Waals surface area contributed by atoms with Crippen molar-refractivity contribution < 1.29 is 9.53 Å². The van der Waals surface area contributed by atoms with E-state index in [1.54, 1.807) is 0 Å². The van der Waals surface area contributed by atoms with E-state index in [2.05, 4.69) is 35.6 Å². The van der Waals surface area contributed by atoms with Crippen molar-refractivity contribution in [3.05, 3.63) is 35.9 Å². The molecule has 4 nitrogen and oxygen atoms in total. The maximum absolute atomic E-state index is 12.4. The van der Waals surface area contributed by atoms with E-state index in [1.807, 2.05) is 4.90 Å². The summed E-state index contributed by atoms with van der Waals surface area (Å²) in [4.78, 5) is 14.4. The van der Waals surface area contributed by atoms with Crippen LogP contribution in [-0.2, 0) is 16.0 Å². The summed E-state index contributed by atoms with van der Waals surface area (Å²) in [6.45, 7) is 3.89. The number of nitrogens with zero attached hydrogens (tertiary/aromatic N) is 1. The van der Waals surface area contributed by atoms with Gasteiger partial charge in [0.1, 0.15) is 6.10 Å². The Kier molecular flexibility index (Phi) is 6.68. The third-order valence-electron chi connectivity index (χ3n) is 4.50. The Morgan fingerprint density at radius 1 is 1.23 bits per heavy atom. The number of amides is 1. The highest BCUT2D eigenvalue weighted by Crippen LogP contribution is 2.22. The lowest BCUT2D eigenvalue weighted by molar-refractivity contribution is -0.146. The van der Waals surface area contributed by atoms with E-state index < -0.39 is 0 Å². The highest BCUT2D eigenvalue weighted by Gasteiger charge is 2.29. The van der Waals surface area contributed by atoms with Crippen LogP contribution < -0.4 is 5.32 Å². The fraction of sp³-hybridized carbons (Fsp3) is 0.588. The number of hydrogen-bond acceptors (Lipinski definition) is 3. The molecule has 2 fully saturated rings. The van der Waals surface area contributed by atoms with Crippen molar-refractivity contribution in [2.24, 2.45) is 5.92 Å². The molecule has 1 aromatic rings. The minimum Gasteiger partial charge on any atom is -0.366 e. The van der Waals surface area contributed by atoms with Crippen LogP contribution in [0.3, 0.4) is 0 Å². The third-order valence-corrected chi connectivity index (χ3v) is 4.50. The van der Waals surface area contributed by atoms with Gasteiger partial charge in [0.05, 0.1) is 6.61 Å². The molecule has 0 radical (unpaired) electrons. The van der Waals surface area contributed by atoms with Crippen molar-refractivity contribution in [3.8, 4) is 0 Å². The maximum Gasteiger partial charge on any atom is 0.253 e. The summed E-state index contributed by atoms with van der Waals surface area (Å²) in [5.41, 5.74) is 1.40. The Labute approximate surface area is 138 Å². The van der Waals surface area contributed by atoms with E-state index in [9.17, 15) is 4.79 Å². The van der Waals surface area contributed by atoms with E-state index in [0.717, 1.165) is 38.9 Å². The van der Waals surface area contributed by atoms with Crippen LogP contribution in [0.4, 0.5) is 0 Å². The van der Waals surface area contributed by atoms with Gasteiger partial charge in [-0.05, 0) is 30.7 Å². The minimum absolute atomic E-state index is 0. The lowest BCUT2D eigenvalue weighted by atomic mass is 9.90. The van der Waals surface area contributed by atoms with Crippen molar-refractivity contribution in [3.63, 3.8) is 0 Å². The Morgan fingerprint density at radius 3 is 2.59 bits per heavy atom. The Morgan fingerprint density at radius 2 is 1.95 bits per heavy atom. The summed E-state index contributed by atoms with van der Waals surface area (Å²) >= 11 is 0. The standard InChI is InChI=1S/C17H24N2O2.ClH/c20-17(16-13-18-8-11-21-16)19-9-6-15(7-10-19)12-14-4-2-1-3-5-14;/h1-5,15-16,18H,6-13H2;1H. The molecule has 0 saturated carbocycles. The fourth-order valence-electron chi connectivity index (χ4n) is 3.23. The second-order valence-corrected chi connectivity index (χ2v) is 6.02. The van der Waals surface area contributed by atoms with Gasteiger partial charge in [0.2, 0.25) is 0 Å². The largest absolute Gasteiger partial charge is 0.366 e. The van der Waals surface area contributed by atoms with E-state index >= 15 is 0 Å². The molecule has 1 aromatic carbocycles. The van der Waals surface area contributed by atoms with E-state index in [1.165, 1.54) is 5.56 Å². The second-order valence-electron chi connectivity index (χ2n) is 6.02. The van der Waals surface area contributed by atoms with Gasteiger partial charge in [-0.15, -0.1) is 12.4 Å². The molecule has 22 heavy (non-hydrogen) atoms. The summed E-state index contributed by atoms with van der Waals surface area (Å²) in [7, 11) is 0. The molecule has 2 saturated heterocycles. The second kappa shape index (κ2) is 8.51. The third kappa shape index (κ3) is 4.45. The van der Waals surface area contributed by atoms with Crippen LogP contribution in [-0.4, -0.2) is 49.7 Å². The van der Waals surface area contributed by atoms with Gasteiger partial charge in [-0.2, -0.15) is 0 Å². The molecular weight excluding hydrogens is 300 g/mol. The van der Waals surface area contributed by atoms with Gasteiger partial charge < -0.3 is 15.0 Å². The number of nitrogens with one attached hydrogen (secondary N) is 1. The number of hydrogen-bond donors (Lipinski definition) is 1. The lowest BCUT2D eigenvalue weighted by Crippen LogP contribution is -2.51. The monoisotopic (exact) mass is 324 g/mol. The normalized spacial score (nSPS) is 22.9. The molecule has 3 rings (SSSR count). The average molecular weight is 325 g/mol. The highest BCUT2D eigenvalue weighted by molar-refractivity contribution is 5.85. The molecule has 2 heterocycles. The Balaban J connectivity index is 0.00000176. The van der Waals surface area contributed by atoms with Gasteiger partial charge in [0, 0.05) is 26.2 Å². The average Bonchev–Trinajstić information content (AvgIpc) is 2.57. The molecule has 2 aliphatic heterocycles. The number of benzene rings is 1. The maximum atomic E-state index is 12.4. The van der Waals surface area contributed by atoms with Crippen LogP contribution in [0, 0.1) is 5.92 Å². The number of likely N-dealkylation sites (tertiary alicyclic amines) is 1. The number of morpholine rings is 1. The van der Waals surface area contributed by atoms with Crippen LogP contribution >= 0.6 is 12.4 Å². The predicted octanol–water partition coefficient (Wildman–Crippen LogP) is 1.88. The first kappa shape index (κ1) is 17.3. The number of rotatable bonds is 3. The van der Waals surface area contributed by atoms with Crippen molar-refractivity contribution in [2.75, 3.05) is 32.8 Å². The SMILES string of the molecule is Cl.O=C(C1CNCCO1)N1CCC(Cc2ccccc2)CC1. The van der Waals surface area contributed by atoms with E-state index in [4.69, 9.17) is 4.74 Å². The topological polar surface area (TPSA) is 41.6 Å². The first-order chi connectivity index (χ1) is 10.3. The summed E-state index contributed by atoms with van der Waals surface area (Å²) in [5.74, 6) is 0.863.